The number of aromatic nitrogens is 2. The van der Waals surface area contributed by atoms with Crippen molar-refractivity contribution in [2.75, 3.05) is 0 Å². The summed E-state index contributed by atoms with van der Waals surface area (Å²) in [5, 5.41) is 0. The molecular weight excluding hydrogens is 484 g/mol. The summed E-state index contributed by atoms with van der Waals surface area (Å²) in [5.41, 5.74) is 13.5. The van der Waals surface area contributed by atoms with E-state index in [1.165, 1.54) is 33.4 Å². The Labute approximate surface area is 236 Å². The summed E-state index contributed by atoms with van der Waals surface area (Å²) in [6.45, 7) is 9.50. The molecule has 0 amide bonds. The molecule has 0 unspecified atom stereocenters. The van der Waals surface area contributed by atoms with Gasteiger partial charge in [-0.3, -0.25) is 0 Å². The smallest absolute Gasteiger partial charge is 0.0973 e. The van der Waals surface area contributed by atoms with E-state index in [1.807, 2.05) is 18.2 Å². The van der Waals surface area contributed by atoms with Gasteiger partial charge >= 0.3 is 0 Å². The van der Waals surface area contributed by atoms with E-state index in [4.69, 9.17) is 9.97 Å². The number of nitrogens with zero attached hydrogens (tertiary/aromatic N) is 2. The molecule has 0 fully saturated rings. The highest BCUT2D eigenvalue weighted by Crippen LogP contribution is 2.54. The number of benzene rings is 5. The van der Waals surface area contributed by atoms with Gasteiger partial charge in [0.25, 0.3) is 0 Å². The molecule has 0 bridgehead atoms. The Balaban J connectivity index is 1.43. The summed E-state index contributed by atoms with van der Waals surface area (Å²) in [7, 11) is 0. The number of rotatable bonds is 3. The predicted octanol–water partition coefficient (Wildman–Crippen LogP) is 9.87. The van der Waals surface area contributed by atoms with Crippen LogP contribution in [0.15, 0.2) is 121 Å². The first kappa shape index (κ1) is 24.5. The van der Waals surface area contributed by atoms with Gasteiger partial charge in [-0.25, -0.2) is 9.97 Å². The van der Waals surface area contributed by atoms with Crippen molar-refractivity contribution in [1.82, 2.24) is 9.97 Å². The molecule has 0 spiro atoms. The molecule has 1 aliphatic rings. The monoisotopic (exact) mass is 516 g/mol. The van der Waals surface area contributed by atoms with Gasteiger partial charge in [0.2, 0.25) is 0 Å². The van der Waals surface area contributed by atoms with Crippen molar-refractivity contribution in [1.29, 1.82) is 0 Å². The van der Waals surface area contributed by atoms with Crippen molar-refractivity contribution in [2.45, 2.75) is 38.5 Å². The largest absolute Gasteiger partial charge is 0.244 e. The van der Waals surface area contributed by atoms with Crippen LogP contribution in [0.3, 0.4) is 0 Å². The predicted molar refractivity (Wildman–Crippen MR) is 167 cm³/mol. The fourth-order valence-corrected chi connectivity index (χ4v) is 6.23. The molecule has 2 nitrogen and oxygen atoms in total. The van der Waals surface area contributed by atoms with Crippen LogP contribution in [0.1, 0.15) is 38.8 Å². The van der Waals surface area contributed by atoms with Crippen molar-refractivity contribution in [2.24, 2.45) is 0 Å². The number of hydrogen-bond donors (Lipinski definition) is 0. The summed E-state index contributed by atoms with van der Waals surface area (Å²) < 4.78 is 0. The number of hydrogen-bond acceptors (Lipinski definition) is 2. The Bertz CT molecular complexity index is 1880. The van der Waals surface area contributed by atoms with Gasteiger partial charge in [-0.1, -0.05) is 131 Å². The molecule has 0 radical (unpaired) electrons. The molecule has 0 saturated heterocycles. The first-order valence-electron chi connectivity index (χ1n) is 14.0. The van der Waals surface area contributed by atoms with E-state index in [1.54, 1.807) is 0 Å². The van der Waals surface area contributed by atoms with Crippen LogP contribution in [0.2, 0.25) is 0 Å². The minimum atomic E-state index is -0.0749. The van der Waals surface area contributed by atoms with Gasteiger partial charge in [-0.05, 0) is 62.4 Å². The van der Waals surface area contributed by atoms with E-state index in [2.05, 4.69) is 131 Å². The van der Waals surface area contributed by atoms with Gasteiger partial charge in [-0.15, -0.1) is 0 Å². The number of para-hydroxylation sites is 2. The molecular formula is C38H32N2. The van der Waals surface area contributed by atoms with Gasteiger partial charge in [0, 0.05) is 11.1 Å². The van der Waals surface area contributed by atoms with Crippen LogP contribution >= 0.6 is 0 Å². The zero-order valence-electron chi connectivity index (χ0n) is 23.4. The first-order chi connectivity index (χ1) is 19.3. The van der Waals surface area contributed by atoms with Gasteiger partial charge < -0.3 is 0 Å². The second-order valence-electron chi connectivity index (χ2n) is 11.9. The molecule has 7 rings (SSSR count). The average molecular weight is 517 g/mol. The van der Waals surface area contributed by atoms with Crippen molar-refractivity contribution in [3.05, 3.63) is 132 Å². The third kappa shape index (κ3) is 3.71. The molecule has 194 valence electrons. The van der Waals surface area contributed by atoms with E-state index >= 15 is 0 Å². The fourth-order valence-electron chi connectivity index (χ4n) is 6.23. The highest BCUT2D eigenvalue weighted by molar-refractivity contribution is 5.88. The minimum absolute atomic E-state index is 0.0274. The molecule has 0 atom stereocenters. The van der Waals surface area contributed by atoms with Crippen LogP contribution in [0.5, 0.6) is 0 Å². The SMILES string of the molecule is CC1(C)c2ccccc2-c2ccc(-c3nc4ccccc4nc3-c3ccc(-c4ccccc4)cc3)cc2C1(C)C. The summed E-state index contributed by atoms with van der Waals surface area (Å²) in [6.07, 6.45) is 0. The van der Waals surface area contributed by atoms with Gasteiger partial charge in [0.05, 0.1) is 22.4 Å². The molecule has 5 aromatic carbocycles. The molecule has 1 aromatic heterocycles. The van der Waals surface area contributed by atoms with E-state index in [0.29, 0.717) is 0 Å². The average Bonchev–Trinajstić information content (AvgIpc) is 3.00. The maximum absolute atomic E-state index is 5.22. The summed E-state index contributed by atoms with van der Waals surface area (Å²) in [6, 6.07) is 43.1. The van der Waals surface area contributed by atoms with Crippen molar-refractivity contribution < 1.29 is 0 Å². The van der Waals surface area contributed by atoms with Crippen molar-refractivity contribution in [3.63, 3.8) is 0 Å². The minimum Gasteiger partial charge on any atom is -0.244 e. The van der Waals surface area contributed by atoms with E-state index < -0.39 is 0 Å². The highest BCUT2D eigenvalue weighted by Gasteiger charge is 2.45. The molecule has 6 aromatic rings. The lowest BCUT2D eigenvalue weighted by atomic mass is 9.55. The molecule has 0 saturated carbocycles. The van der Waals surface area contributed by atoms with Gasteiger partial charge in [-0.2, -0.15) is 0 Å². The van der Waals surface area contributed by atoms with Gasteiger partial charge in [0.1, 0.15) is 0 Å². The quantitative estimate of drug-likeness (QED) is 0.234. The molecule has 1 aliphatic carbocycles. The van der Waals surface area contributed by atoms with Crippen LogP contribution in [-0.2, 0) is 10.8 Å². The van der Waals surface area contributed by atoms with Crippen LogP contribution in [0, 0.1) is 0 Å². The Morgan fingerprint density at radius 3 is 1.57 bits per heavy atom. The van der Waals surface area contributed by atoms with E-state index in [-0.39, 0.29) is 10.8 Å². The second-order valence-corrected chi connectivity index (χ2v) is 11.9. The Kier molecular flexibility index (Phi) is 5.50. The van der Waals surface area contributed by atoms with E-state index in [0.717, 1.165) is 33.5 Å². The topological polar surface area (TPSA) is 25.8 Å². The Morgan fingerprint density at radius 2 is 0.875 bits per heavy atom. The maximum Gasteiger partial charge on any atom is 0.0973 e. The summed E-state index contributed by atoms with van der Waals surface area (Å²) in [5.74, 6) is 0. The third-order valence-electron chi connectivity index (χ3n) is 9.26. The van der Waals surface area contributed by atoms with Crippen LogP contribution in [0.25, 0.3) is 55.8 Å². The van der Waals surface area contributed by atoms with E-state index in [9.17, 15) is 0 Å². The lowest BCUT2D eigenvalue weighted by molar-refractivity contribution is 0.299. The first-order valence-corrected chi connectivity index (χ1v) is 14.0. The fraction of sp³-hybridized carbons (Fsp3) is 0.158. The zero-order valence-corrected chi connectivity index (χ0v) is 23.4. The van der Waals surface area contributed by atoms with Crippen molar-refractivity contribution >= 4 is 11.0 Å². The standard InChI is InChI=1S/C38H32N2/c1-37(2)31-15-9-8-14-29(31)30-23-22-28(24-32(30)38(37,3)4)36-35(39-33-16-10-11-17-34(33)40-36)27-20-18-26(19-21-27)25-12-6-5-7-13-25/h5-24H,1-4H3. The van der Waals surface area contributed by atoms with Crippen molar-refractivity contribution in [3.8, 4) is 44.8 Å². The molecule has 2 heteroatoms. The maximum atomic E-state index is 5.22. The Hall–Kier alpha value is -4.56. The molecule has 0 aliphatic heterocycles. The normalized spacial score (nSPS) is 14.9. The van der Waals surface area contributed by atoms with Crippen LogP contribution in [0.4, 0.5) is 0 Å². The number of fused-ring (bicyclic) bond motifs is 4. The lowest BCUT2D eigenvalue weighted by Crippen LogP contribution is -2.43. The lowest BCUT2D eigenvalue weighted by Gasteiger charge is -2.48. The third-order valence-corrected chi connectivity index (χ3v) is 9.26. The zero-order chi connectivity index (χ0) is 27.5. The Morgan fingerprint density at radius 1 is 0.400 bits per heavy atom. The summed E-state index contributed by atoms with van der Waals surface area (Å²) >= 11 is 0. The van der Waals surface area contributed by atoms with Crippen LogP contribution < -0.4 is 0 Å². The highest BCUT2D eigenvalue weighted by atomic mass is 14.8. The second kappa shape index (κ2) is 8.99. The van der Waals surface area contributed by atoms with Gasteiger partial charge in [0.15, 0.2) is 0 Å². The molecule has 1 heterocycles. The molecule has 0 N–H and O–H groups in total. The molecule has 40 heavy (non-hydrogen) atoms. The summed E-state index contributed by atoms with van der Waals surface area (Å²) in [4.78, 5) is 10.4. The van der Waals surface area contributed by atoms with Crippen LogP contribution in [-0.4, -0.2) is 9.97 Å².